The van der Waals surface area contributed by atoms with E-state index in [1.807, 2.05) is 32.6 Å². The maximum Gasteiger partial charge on any atom is 0.256 e. The van der Waals surface area contributed by atoms with Gasteiger partial charge in [-0.05, 0) is 64.2 Å². The Morgan fingerprint density at radius 1 is 1.26 bits per heavy atom. The van der Waals surface area contributed by atoms with Gasteiger partial charge in [0, 0.05) is 48.5 Å². The van der Waals surface area contributed by atoms with E-state index in [0.717, 1.165) is 5.56 Å². The largest absolute Gasteiger partial charge is 0.508 e. The molecule has 3 aromatic rings. The highest BCUT2D eigenvalue weighted by molar-refractivity contribution is 7.84. The van der Waals surface area contributed by atoms with E-state index < -0.39 is 15.7 Å². The molecule has 8 nitrogen and oxygen atoms in total. The quantitative estimate of drug-likeness (QED) is 0.547. The summed E-state index contributed by atoms with van der Waals surface area (Å²) in [4.78, 5) is 23.3. The standard InChI is InChI=1S/C24H30ClN5O3S/c1-15-11-20(31)18(12-19(15)25)21(28-34(33)24(2,3)4)16-5-8-29(9-6-16)22(32)17-13-27-23-26-7-10-30(23)14-17/h7,10-14,16,21,28,31H,5-6,8-9H2,1-4H3/t21-,34?/m1/s1. The Morgan fingerprint density at radius 3 is 2.65 bits per heavy atom. The molecule has 1 unspecified atom stereocenters. The Morgan fingerprint density at radius 2 is 1.97 bits per heavy atom. The van der Waals surface area contributed by atoms with Crippen molar-refractivity contribution in [2.45, 2.75) is 51.3 Å². The summed E-state index contributed by atoms with van der Waals surface area (Å²) in [6.07, 6.45) is 8.08. The van der Waals surface area contributed by atoms with Crippen molar-refractivity contribution in [1.82, 2.24) is 24.0 Å². The molecule has 0 saturated carbocycles. The van der Waals surface area contributed by atoms with Crippen molar-refractivity contribution in [2.75, 3.05) is 13.1 Å². The van der Waals surface area contributed by atoms with Crippen LogP contribution in [0.25, 0.3) is 5.78 Å². The first kappa shape index (κ1) is 24.6. The molecule has 1 aliphatic heterocycles. The number of imidazole rings is 1. The summed E-state index contributed by atoms with van der Waals surface area (Å²) < 4.78 is 17.5. The zero-order chi connectivity index (χ0) is 24.6. The first-order valence-corrected chi connectivity index (χ1v) is 12.8. The highest BCUT2D eigenvalue weighted by Crippen LogP contribution is 2.38. The van der Waals surface area contributed by atoms with Gasteiger partial charge in [-0.25, -0.2) is 18.9 Å². The molecule has 2 N–H and O–H groups in total. The van der Waals surface area contributed by atoms with Crippen LogP contribution in [0.2, 0.25) is 5.02 Å². The monoisotopic (exact) mass is 503 g/mol. The SMILES string of the molecule is Cc1cc(O)c([C@H](NS(=O)C(C)(C)C)C2CCN(C(=O)c3cnc4nccn4c3)CC2)cc1Cl. The molecule has 0 bridgehead atoms. The molecule has 2 aromatic heterocycles. The van der Waals surface area contributed by atoms with E-state index in [-0.39, 0.29) is 23.6 Å². The van der Waals surface area contributed by atoms with Crippen molar-refractivity contribution in [3.63, 3.8) is 0 Å². The van der Waals surface area contributed by atoms with Crippen molar-refractivity contribution >= 4 is 34.3 Å². The van der Waals surface area contributed by atoms with Gasteiger partial charge in [-0.3, -0.25) is 9.20 Å². The number of hydrogen-bond acceptors (Lipinski definition) is 5. The summed E-state index contributed by atoms with van der Waals surface area (Å²) in [6, 6.07) is 3.04. The number of hydrogen-bond donors (Lipinski definition) is 2. The number of rotatable bonds is 5. The third-order valence-corrected chi connectivity index (χ3v) is 8.21. The van der Waals surface area contributed by atoms with Crippen LogP contribution in [-0.4, -0.2) is 52.3 Å². The summed E-state index contributed by atoms with van der Waals surface area (Å²) in [7, 11) is -1.35. The third-order valence-electron chi connectivity index (χ3n) is 6.22. The number of carbonyl (C=O) groups excluding carboxylic acids is 1. The van der Waals surface area contributed by atoms with Gasteiger partial charge in [0.15, 0.2) is 0 Å². The fourth-order valence-corrected chi connectivity index (χ4v) is 5.26. The first-order valence-electron chi connectivity index (χ1n) is 11.3. The zero-order valence-electron chi connectivity index (χ0n) is 19.8. The first-order chi connectivity index (χ1) is 16.0. The number of piperidine rings is 1. The lowest BCUT2D eigenvalue weighted by Gasteiger charge is -2.37. The minimum absolute atomic E-state index is 0.0641. The zero-order valence-corrected chi connectivity index (χ0v) is 21.4. The molecule has 3 heterocycles. The summed E-state index contributed by atoms with van der Waals surface area (Å²) in [5.74, 6) is 0.663. The summed E-state index contributed by atoms with van der Waals surface area (Å²) in [5.41, 5.74) is 1.92. The lowest BCUT2D eigenvalue weighted by molar-refractivity contribution is 0.0673. The van der Waals surface area contributed by atoms with E-state index >= 15 is 0 Å². The predicted molar refractivity (Wildman–Crippen MR) is 133 cm³/mol. The maximum absolute atomic E-state index is 13.1. The minimum Gasteiger partial charge on any atom is -0.508 e. The minimum atomic E-state index is -1.35. The number of aromatic nitrogens is 3. The van der Waals surface area contributed by atoms with Gasteiger partial charge in [0.25, 0.3) is 5.91 Å². The molecule has 1 fully saturated rings. The normalized spacial score (nSPS) is 17.1. The molecule has 1 amide bonds. The van der Waals surface area contributed by atoms with Gasteiger partial charge in [0.05, 0.1) is 27.3 Å². The van der Waals surface area contributed by atoms with E-state index in [2.05, 4.69) is 14.7 Å². The highest BCUT2D eigenvalue weighted by Gasteiger charge is 2.34. The van der Waals surface area contributed by atoms with Crippen LogP contribution in [0.1, 0.15) is 61.1 Å². The fraction of sp³-hybridized carbons (Fsp3) is 0.458. The van der Waals surface area contributed by atoms with Crippen LogP contribution in [0, 0.1) is 12.8 Å². The Kier molecular flexibility index (Phi) is 6.98. The molecule has 1 saturated heterocycles. The molecular formula is C24H30ClN5O3S. The Labute approximate surface area is 206 Å². The van der Waals surface area contributed by atoms with Crippen molar-refractivity contribution < 1.29 is 14.1 Å². The highest BCUT2D eigenvalue weighted by atomic mass is 35.5. The van der Waals surface area contributed by atoms with Crippen LogP contribution in [0.4, 0.5) is 0 Å². The van der Waals surface area contributed by atoms with Crippen LogP contribution in [0.15, 0.2) is 36.9 Å². The number of fused-ring (bicyclic) bond motifs is 1. The lowest BCUT2D eigenvalue weighted by Crippen LogP contribution is -2.44. The van der Waals surface area contributed by atoms with Crippen LogP contribution in [0.5, 0.6) is 5.75 Å². The second kappa shape index (κ2) is 9.64. The van der Waals surface area contributed by atoms with Gasteiger partial charge in [0.2, 0.25) is 5.78 Å². The van der Waals surface area contributed by atoms with Crippen LogP contribution >= 0.6 is 11.6 Å². The van der Waals surface area contributed by atoms with Gasteiger partial charge in [-0.1, -0.05) is 11.6 Å². The number of nitrogens with zero attached hydrogens (tertiary/aromatic N) is 4. The molecule has 182 valence electrons. The Balaban J connectivity index is 1.53. The van der Waals surface area contributed by atoms with E-state index in [1.54, 1.807) is 41.3 Å². The van der Waals surface area contributed by atoms with Crippen molar-refractivity contribution in [3.8, 4) is 5.75 Å². The second-order valence-electron chi connectivity index (χ2n) is 9.74. The van der Waals surface area contributed by atoms with E-state index in [1.165, 1.54) is 0 Å². The third kappa shape index (κ3) is 5.11. The number of phenols is 1. The summed E-state index contributed by atoms with van der Waals surface area (Å²) in [5, 5.41) is 11.3. The molecule has 2 atom stereocenters. The number of halogens is 1. The van der Waals surface area contributed by atoms with E-state index in [9.17, 15) is 14.1 Å². The van der Waals surface area contributed by atoms with E-state index in [0.29, 0.717) is 47.9 Å². The number of likely N-dealkylation sites (tertiary alicyclic amines) is 1. The molecular weight excluding hydrogens is 474 g/mol. The molecule has 0 radical (unpaired) electrons. The lowest BCUT2D eigenvalue weighted by atomic mass is 9.85. The number of carbonyl (C=O) groups is 1. The number of benzene rings is 1. The smallest absolute Gasteiger partial charge is 0.256 e. The molecule has 10 heteroatoms. The van der Waals surface area contributed by atoms with Gasteiger partial charge in [-0.15, -0.1) is 0 Å². The Hall–Kier alpha value is -2.49. The van der Waals surface area contributed by atoms with Crippen LogP contribution < -0.4 is 4.72 Å². The van der Waals surface area contributed by atoms with Crippen molar-refractivity contribution in [3.05, 3.63) is 58.6 Å². The number of amides is 1. The predicted octanol–water partition coefficient (Wildman–Crippen LogP) is 4.04. The Bertz CT molecular complexity index is 1230. The molecule has 1 aliphatic rings. The molecule has 34 heavy (non-hydrogen) atoms. The van der Waals surface area contributed by atoms with Crippen LogP contribution in [-0.2, 0) is 11.0 Å². The van der Waals surface area contributed by atoms with Gasteiger partial charge < -0.3 is 10.0 Å². The number of phenolic OH excluding ortho intramolecular Hbond substituents is 1. The molecule has 0 aliphatic carbocycles. The van der Waals surface area contributed by atoms with E-state index in [4.69, 9.17) is 11.6 Å². The molecule has 0 spiro atoms. The van der Waals surface area contributed by atoms with Gasteiger partial charge in [0.1, 0.15) is 5.75 Å². The average Bonchev–Trinajstić information content (AvgIpc) is 3.27. The topological polar surface area (TPSA) is 99.8 Å². The fourth-order valence-electron chi connectivity index (χ4n) is 4.18. The molecule has 1 aromatic carbocycles. The number of nitrogens with one attached hydrogen (secondary N) is 1. The summed E-state index contributed by atoms with van der Waals surface area (Å²) in [6.45, 7) is 8.64. The molecule has 4 rings (SSSR count). The second-order valence-corrected chi connectivity index (χ2v) is 12.1. The van der Waals surface area contributed by atoms with Crippen molar-refractivity contribution in [2.24, 2.45) is 5.92 Å². The van der Waals surface area contributed by atoms with Gasteiger partial charge >= 0.3 is 0 Å². The van der Waals surface area contributed by atoms with Gasteiger partial charge in [-0.2, -0.15) is 0 Å². The number of aromatic hydroxyl groups is 1. The average molecular weight is 504 g/mol. The van der Waals surface area contributed by atoms with Crippen molar-refractivity contribution in [1.29, 1.82) is 0 Å². The number of aryl methyl sites for hydroxylation is 1. The summed E-state index contributed by atoms with van der Waals surface area (Å²) >= 11 is 6.38. The van der Waals surface area contributed by atoms with Crippen LogP contribution in [0.3, 0.4) is 0 Å². The maximum atomic E-state index is 13.1.